The van der Waals surface area contributed by atoms with Gasteiger partial charge in [0.2, 0.25) is 0 Å². The van der Waals surface area contributed by atoms with Gasteiger partial charge >= 0.3 is 0 Å². The van der Waals surface area contributed by atoms with Gasteiger partial charge in [-0.3, -0.25) is 0 Å². The van der Waals surface area contributed by atoms with Gasteiger partial charge in [0.1, 0.15) is 0 Å². The summed E-state index contributed by atoms with van der Waals surface area (Å²) in [5.74, 6) is 0. The first-order chi connectivity index (χ1) is 5.79. The van der Waals surface area contributed by atoms with Crippen LogP contribution in [0.3, 0.4) is 0 Å². The Kier molecular flexibility index (Phi) is 2.90. The first-order valence-corrected chi connectivity index (χ1v) is 3.95. The lowest BCUT2D eigenvalue weighted by Gasteiger charge is -2.06. The topological polar surface area (TPSA) is 44.0 Å². The first kappa shape index (κ1) is 8.83. The van der Waals surface area contributed by atoms with Crippen molar-refractivity contribution >= 4 is 12.7 Å². The Labute approximate surface area is 72.7 Å². The zero-order valence-electron chi connectivity index (χ0n) is 6.99. The maximum absolute atomic E-state index is 9.28. The zero-order valence-corrected chi connectivity index (χ0v) is 6.99. The number of nitrogens with zero attached hydrogens (tertiary/aromatic N) is 1. The van der Waals surface area contributed by atoms with Crippen LogP contribution in [0.1, 0.15) is 11.7 Å². The summed E-state index contributed by atoms with van der Waals surface area (Å²) in [6.45, 7) is 2.00. The highest BCUT2D eigenvalue weighted by atomic mass is 16.3. The summed E-state index contributed by atoms with van der Waals surface area (Å²) in [4.78, 5) is 0. The molecule has 0 aliphatic heterocycles. The zero-order chi connectivity index (χ0) is 8.97. The Morgan fingerprint density at radius 3 is 2.75 bits per heavy atom. The second kappa shape index (κ2) is 3.94. The minimum Gasteiger partial charge on any atom is -0.374 e. The highest BCUT2D eigenvalue weighted by Crippen LogP contribution is 2.07. The first-order valence-electron chi connectivity index (χ1n) is 3.95. The molecule has 0 heterocycles. The van der Waals surface area contributed by atoms with E-state index in [0.717, 1.165) is 18.3 Å². The monoisotopic (exact) mass is 159 g/mol. The molecule has 0 saturated carbocycles. The van der Waals surface area contributed by atoms with Gasteiger partial charge < -0.3 is 5.11 Å². The van der Waals surface area contributed by atoms with Gasteiger partial charge in [0.25, 0.3) is 0 Å². The predicted molar refractivity (Wildman–Crippen MR) is 49.7 cm³/mol. The van der Waals surface area contributed by atoms with Crippen molar-refractivity contribution in [2.75, 3.05) is 0 Å². The van der Waals surface area contributed by atoms with Crippen LogP contribution in [0.2, 0.25) is 6.82 Å². The van der Waals surface area contributed by atoms with E-state index in [9.17, 15) is 5.11 Å². The third-order valence-corrected chi connectivity index (χ3v) is 1.85. The summed E-state index contributed by atoms with van der Waals surface area (Å²) in [6.07, 6.45) is -0.985. The summed E-state index contributed by atoms with van der Waals surface area (Å²) in [5.41, 5.74) is 1.76. The lowest BCUT2D eigenvalue weighted by Crippen LogP contribution is -2.18. The summed E-state index contributed by atoms with van der Waals surface area (Å²) in [5, 5.41) is 17.8. The molecule has 0 spiro atoms. The number of aliphatic hydroxyl groups is 1. The molecule has 1 unspecified atom stereocenters. The molecule has 12 heavy (non-hydrogen) atoms. The SMILES string of the molecule is CBc1ccccc1C(O)C#N. The molecule has 0 aromatic heterocycles. The molecule has 0 bridgehead atoms. The minimum atomic E-state index is -0.985. The van der Waals surface area contributed by atoms with Crippen LogP contribution >= 0.6 is 0 Å². The predicted octanol–water partition coefficient (Wildman–Crippen LogP) is 0.353. The van der Waals surface area contributed by atoms with Crippen molar-refractivity contribution < 1.29 is 5.11 Å². The second-order valence-corrected chi connectivity index (χ2v) is 2.58. The molecule has 1 atom stereocenters. The number of aliphatic hydroxyl groups excluding tert-OH is 1. The van der Waals surface area contributed by atoms with E-state index >= 15 is 0 Å². The quantitative estimate of drug-likeness (QED) is 0.499. The summed E-state index contributed by atoms with van der Waals surface area (Å²) >= 11 is 0. The van der Waals surface area contributed by atoms with E-state index in [2.05, 4.69) is 0 Å². The van der Waals surface area contributed by atoms with Gasteiger partial charge in [0.05, 0.1) is 6.07 Å². The number of benzene rings is 1. The highest BCUT2D eigenvalue weighted by Gasteiger charge is 2.08. The van der Waals surface area contributed by atoms with E-state index in [1.165, 1.54) is 0 Å². The third-order valence-electron chi connectivity index (χ3n) is 1.85. The molecule has 3 heteroatoms. The number of nitriles is 1. The molecule has 2 nitrogen and oxygen atoms in total. The van der Waals surface area contributed by atoms with Gasteiger partial charge in [-0.1, -0.05) is 36.6 Å². The fraction of sp³-hybridized carbons (Fsp3) is 0.222. The van der Waals surface area contributed by atoms with E-state index in [4.69, 9.17) is 5.26 Å². The number of rotatable bonds is 2. The molecule has 1 rings (SSSR count). The lowest BCUT2D eigenvalue weighted by molar-refractivity contribution is 0.237. The Hall–Kier alpha value is -1.27. The Morgan fingerprint density at radius 2 is 2.17 bits per heavy atom. The standard InChI is InChI=1S/C9H10BNO/c1-10-8-5-3-2-4-7(8)9(12)6-11/h2-5,9-10,12H,1H3. The van der Waals surface area contributed by atoms with Gasteiger partial charge in [0, 0.05) is 0 Å². The molecule has 0 fully saturated rings. The smallest absolute Gasteiger partial charge is 0.165 e. The summed E-state index contributed by atoms with van der Waals surface area (Å²) < 4.78 is 0. The number of hydrogen-bond donors (Lipinski definition) is 1. The van der Waals surface area contributed by atoms with Crippen molar-refractivity contribution in [2.24, 2.45) is 0 Å². The van der Waals surface area contributed by atoms with Crippen LogP contribution in [0.4, 0.5) is 0 Å². The molecule has 60 valence electrons. The maximum atomic E-state index is 9.28. The summed E-state index contributed by atoms with van der Waals surface area (Å²) in [7, 11) is 0.842. The fourth-order valence-corrected chi connectivity index (χ4v) is 1.19. The molecule has 0 amide bonds. The largest absolute Gasteiger partial charge is 0.374 e. The van der Waals surface area contributed by atoms with Crippen LogP contribution in [0.25, 0.3) is 0 Å². The summed E-state index contributed by atoms with van der Waals surface area (Å²) in [6, 6.07) is 9.26. The van der Waals surface area contributed by atoms with Crippen molar-refractivity contribution in [2.45, 2.75) is 12.9 Å². The molecular formula is C9H10BNO. The van der Waals surface area contributed by atoms with E-state index in [1.807, 2.05) is 31.1 Å². The molecular weight excluding hydrogens is 149 g/mol. The second-order valence-electron chi connectivity index (χ2n) is 2.58. The van der Waals surface area contributed by atoms with E-state index in [0.29, 0.717) is 0 Å². The molecule has 0 saturated heterocycles. The van der Waals surface area contributed by atoms with Crippen molar-refractivity contribution in [1.29, 1.82) is 5.26 Å². The molecule has 0 aliphatic rings. The average Bonchev–Trinajstić information content (AvgIpc) is 2.16. The Morgan fingerprint density at radius 1 is 1.50 bits per heavy atom. The Bertz CT molecular complexity index is 306. The average molecular weight is 159 g/mol. The van der Waals surface area contributed by atoms with Crippen molar-refractivity contribution in [3.63, 3.8) is 0 Å². The van der Waals surface area contributed by atoms with Crippen LogP contribution in [-0.2, 0) is 0 Å². The molecule has 1 aromatic rings. The van der Waals surface area contributed by atoms with Gasteiger partial charge in [-0.2, -0.15) is 5.26 Å². The molecule has 1 aromatic carbocycles. The molecule has 0 radical (unpaired) electrons. The fourth-order valence-electron chi connectivity index (χ4n) is 1.19. The van der Waals surface area contributed by atoms with Crippen molar-refractivity contribution in [3.8, 4) is 6.07 Å². The van der Waals surface area contributed by atoms with E-state index in [-0.39, 0.29) is 0 Å². The maximum Gasteiger partial charge on any atom is 0.165 e. The molecule has 0 aliphatic carbocycles. The van der Waals surface area contributed by atoms with Gasteiger partial charge in [-0.05, 0) is 5.56 Å². The Balaban J connectivity index is 3.06. The van der Waals surface area contributed by atoms with Crippen molar-refractivity contribution in [1.82, 2.24) is 0 Å². The van der Waals surface area contributed by atoms with Crippen LogP contribution in [-0.4, -0.2) is 12.4 Å². The molecule has 1 N–H and O–H groups in total. The van der Waals surface area contributed by atoms with E-state index < -0.39 is 6.10 Å². The minimum absolute atomic E-state index is 0.725. The third kappa shape index (κ3) is 1.66. The van der Waals surface area contributed by atoms with Crippen LogP contribution in [0.15, 0.2) is 24.3 Å². The van der Waals surface area contributed by atoms with Gasteiger partial charge in [-0.15, -0.1) is 0 Å². The number of hydrogen-bond acceptors (Lipinski definition) is 2. The lowest BCUT2D eigenvalue weighted by atomic mass is 9.70. The van der Waals surface area contributed by atoms with Gasteiger partial charge in [0.15, 0.2) is 13.4 Å². The van der Waals surface area contributed by atoms with Gasteiger partial charge in [-0.25, -0.2) is 0 Å². The highest BCUT2D eigenvalue weighted by molar-refractivity contribution is 6.52. The van der Waals surface area contributed by atoms with Crippen molar-refractivity contribution in [3.05, 3.63) is 29.8 Å². The van der Waals surface area contributed by atoms with Crippen LogP contribution < -0.4 is 5.46 Å². The normalized spacial score (nSPS) is 11.8. The van der Waals surface area contributed by atoms with Crippen LogP contribution in [0.5, 0.6) is 0 Å². The van der Waals surface area contributed by atoms with E-state index in [1.54, 1.807) is 6.07 Å². The van der Waals surface area contributed by atoms with Crippen LogP contribution in [0, 0.1) is 11.3 Å².